The first-order chi connectivity index (χ1) is 13.8. The molecule has 1 aliphatic rings. The number of carbonyl (C=O) groups is 1. The summed E-state index contributed by atoms with van der Waals surface area (Å²) in [7, 11) is 0. The molecule has 1 aliphatic heterocycles. The van der Waals surface area contributed by atoms with Crippen LogP contribution in [-0.4, -0.2) is 45.4 Å². The van der Waals surface area contributed by atoms with Crippen LogP contribution in [0.5, 0.6) is 0 Å². The lowest BCUT2D eigenvalue weighted by Gasteiger charge is -2.23. The van der Waals surface area contributed by atoms with E-state index < -0.39 is 0 Å². The fraction of sp³-hybridized carbons (Fsp3) is 0.958. The highest BCUT2D eigenvalue weighted by molar-refractivity contribution is 5.69. The van der Waals surface area contributed by atoms with E-state index in [0.717, 1.165) is 39.3 Å². The van der Waals surface area contributed by atoms with Gasteiger partial charge in [-0.15, -0.1) is 0 Å². The Labute approximate surface area is 174 Å². The summed E-state index contributed by atoms with van der Waals surface area (Å²) in [4.78, 5) is 13.3. The van der Waals surface area contributed by atoms with Crippen molar-refractivity contribution in [1.82, 2.24) is 0 Å². The van der Waals surface area contributed by atoms with Crippen LogP contribution in [0.15, 0.2) is 0 Å². The van der Waals surface area contributed by atoms with Crippen LogP contribution in [0.3, 0.4) is 0 Å². The van der Waals surface area contributed by atoms with Crippen LogP contribution in [0.2, 0.25) is 0 Å². The Morgan fingerprint density at radius 1 is 0.750 bits per heavy atom. The third kappa shape index (κ3) is 16.4. The number of unbranched alkanes of at least 4 members (excludes halogenated alkanes) is 14. The van der Waals surface area contributed by atoms with Crippen molar-refractivity contribution in [2.45, 2.75) is 110 Å². The van der Waals surface area contributed by atoms with Gasteiger partial charge in [0.05, 0.1) is 13.2 Å². The van der Waals surface area contributed by atoms with E-state index in [0.29, 0.717) is 13.0 Å². The molecule has 28 heavy (non-hydrogen) atoms. The quantitative estimate of drug-likeness (QED) is 0.253. The van der Waals surface area contributed by atoms with Gasteiger partial charge < -0.3 is 14.4 Å². The van der Waals surface area contributed by atoms with Crippen molar-refractivity contribution in [3.63, 3.8) is 0 Å². The van der Waals surface area contributed by atoms with E-state index in [2.05, 4.69) is 6.92 Å². The van der Waals surface area contributed by atoms with Crippen molar-refractivity contribution in [1.29, 1.82) is 0 Å². The predicted octanol–water partition coefficient (Wildman–Crippen LogP) is 4.71. The molecule has 1 saturated heterocycles. The summed E-state index contributed by atoms with van der Waals surface area (Å²) in [5.74, 6) is -0.0117. The maximum atomic E-state index is 11.8. The Hall–Kier alpha value is -0.610. The lowest BCUT2D eigenvalue weighted by atomic mass is 10.0. The van der Waals surface area contributed by atoms with Gasteiger partial charge in [0, 0.05) is 6.42 Å². The molecule has 1 rings (SSSR count). The molecule has 4 heteroatoms. The highest BCUT2D eigenvalue weighted by Gasteiger charge is 2.14. The summed E-state index contributed by atoms with van der Waals surface area (Å²) in [6.07, 6.45) is 20.9. The van der Waals surface area contributed by atoms with Crippen LogP contribution < -0.4 is 4.90 Å². The Morgan fingerprint density at radius 3 is 1.71 bits per heavy atom. The van der Waals surface area contributed by atoms with Gasteiger partial charge in [-0.25, -0.2) is 0 Å². The molecule has 0 aliphatic carbocycles. The van der Waals surface area contributed by atoms with Crippen LogP contribution >= 0.6 is 0 Å². The predicted molar refractivity (Wildman–Crippen MR) is 117 cm³/mol. The van der Waals surface area contributed by atoms with Gasteiger partial charge in [-0.05, 0) is 6.42 Å². The van der Waals surface area contributed by atoms with Crippen molar-refractivity contribution >= 4 is 5.97 Å². The van der Waals surface area contributed by atoms with Gasteiger partial charge in [-0.2, -0.15) is 0 Å². The van der Waals surface area contributed by atoms with Gasteiger partial charge in [0.1, 0.15) is 26.2 Å². The Morgan fingerprint density at radius 2 is 1.21 bits per heavy atom. The van der Waals surface area contributed by atoms with Crippen LogP contribution in [-0.2, 0) is 14.3 Å². The molecule has 4 nitrogen and oxygen atoms in total. The molecule has 0 aromatic heterocycles. The van der Waals surface area contributed by atoms with E-state index in [-0.39, 0.29) is 5.97 Å². The zero-order chi connectivity index (χ0) is 20.1. The van der Waals surface area contributed by atoms with Crippen LogP contribution in [0, 0.1) is 0 Å². The summed E-state index contributed by atoms with van der Waals surface area (Å²) in [5.41, 5.74) is 0. The van der Waals surface area contributed by atoms with Crippen molar-refractivity contribution in [2.24, 2.45) is 0 Å². The third-order valence-electron chi connectivity index (χ3n) is 5.90. The van der Waals surface area contributed by atoms with Crippen molar-refractivity contribution in [2.75, 3.05) is 39.5 Å². The molecule has 166 valence electrons. The second-order valence-corrected chi connectivity index (χ2v) is 8.53. The number of nitrogens with one attached hydrogen (secondary N) is 1. The highest BCUT2D eigenvalue weighted by Crippen LogP contribution is 2.13. The first-order valence-electron chi connectivity index (χ1n) is 12.4. The largest absolute Gasteiger partial charge is 0.460 e. The number of hydrogen-bond donors (Lipinski definition) is 1. The van der Waals surface area contributed by atoms with Gasteiger partial charge in [0.25, 0.3) is 0 Å². The molecule has 0 saturated carbocycles. The van der Waals surface area contributed by atoms with Gasteiger partial charge in [0.15, 0.2) is 0 Å². The van der Waals surface area contributed by atoms with E-state index in [9.17, 15) is 4.79 Å². The molecule has 0 bridgehead atoms. The first-order valence-corrected chi connectivity index (χ1v) is 12.4. The van der Waals surface area contributed by atoms with E-state index in [1.54, 1.807) is 0 Å². The molecular formula is C24H48NO3+. The lowest BCUT2D eigenvalue weighted by molar-refractivity contribution is -0.908. The summed E-state index contributed by atoms with van der Waals surface area (Å²) in [6.45, 7) is 7.52. The normalized spacial score (nSPS) is 15.0. The number of hydrogen-bond acceptors (Lipinski definition) is 3. The van der Waals surface area contributed by atoms with E-state index in [4.69, 9.17) is 9.47 Å². The number of rotatable bonds is 19. The van der Waals surface area contributed by atoms with Gasteiger partial charge in [-0.1, -0.05) is 96.8 Å². The minimum absolute atomic E-state index is 0.0117. The minimum Gasteiger partial charge on any atom is -0.460 e. The Bertz CT molecular complexity index is 343. The first kappa shape index (κ1) is 25.4. The third-order valence-corrected chi connectivity index (χ3v) is 5.90. The molecular weight excluding hydrogens is 350 g/mol. The molecule has 0 aromatic carbocycles. The van der Waals surface area contributed by atoms with Crippen molar-refractivity contribution in [3.05, 3.63) is 0 Å². The summed E-state index contributed by atoms with van der Waals surface area (Å²) >= 11 is 0. The average molecular weight is 399 g/mol. The molecule has 1 heterocycles. The zero-order valence-electron chi connectivity index (χ0n) is 18.8. The molecule has 0 atom stereocenters. The number of morpholine rings is 1. The second kappa shape index (κ2) is 19.7. The summed E-state index contributed by atoms with van der Waals surface area (Å²) in [5, 5.41) is 0. The van der Waals surface area contributed by atoms with E-state index >= 15 is 0 Å². The molecule has 1 fully saturated rings. The number of esters is 1. The fourth-order valence-electron chi connectivity index (χ4n) is 3.93. The highest BCUT2D eigenvalue weighted by atomic mass is 16.5. The molecule has 0 aromatic rings. The van der Waals surface area contributed by atoms with Crippen LogP contribution in [0.1, 0.15) is 110 Å². The van der Waals surface area contributed by atoms with Crippen molar-refractivity contribution < 1.29 is 19.2 Å². The summed E-state index contributed by atoms with van der Waals surface area (Å²) in [6, 6.07) is 0. The number of quaternary nitrogens is 1. The Kier molecular flexibility index (Phi) is 17.9. The monoisotopic (exact) mass is 398 g/mol. The maximum Gasteiger partial charge on any atom is 0.305 e. The maximum absolute atomic E-state index is 11.8. The van der Waals surface area contributed by atoms with Crippen LogP contribution in [0.4, 0.5) is 0 Å². The molecule has 1 N–H and O–H groups in total. The van der Waals surface area contributed by atoms with E-state index in [1.165, 1.54) is 94.8 Å². The zero-order valence-corrected chi connectivity index (χ0v) is 18.8. The van der Waals surface area contributed by atoms with E-state index in [1.807, 2.05) is 0 Å². The minimum atomic E-state index is -0.0117. The fourth-order valence-corrected chi connectivity index (χ4v) is 3.93. The standard InChI is InChI=1S/C24H47NO3/c1-2-3-4-5-6-7-8-9-10-11-12-13-14-15-16-17-24(26)28-23-20-25-18-21-27-22-19-25/h2-23H2,1H3/p+1. The van der Waals surface area contributed by atoms with Gasteiger partial charge in [0.2, 0.25) is 0 Å². The van der Waals surface area contributed by atoms with Gasteiger partial charge >= 0.3 is 5.97 Å². The second-order valence-electron chi connectivity index (χ2n) is 8.53. The number of ether oxygens (including phenoxy) is 2. The molecule has 0 unspecified atom stereocenters. The summed E-state index contributed by atoms with van der Waals surface area (Å²) < 4.78 is 10.7. The van der Waals surface area contributed by atoms with Crippen LogP contribution in [0.25, 0.3) is 0 Å². The van der Waals surface area contributed by atoms with Gasteiger partial charge in [-0.3, -0.25) is 4.79 Å². The lowest BCUT2D eigenvalue weighted by Crippen LogP contribution is -3.14. The SMILES string of the molecule is CCCCCCCCCCCCCCCCCC(=O)OCC[NH+]1CCOCC1. The average Bonchev–Trinajstić information content (AvgIpc) is 2.71. The molecule has 0 radical (unpaired) electrons. The van der Waals surface area contributed by atoms with Crippen molar-refractivity contribution in [3.8, 4) is 0 Å². The topological polar surface area (TPSA) is 40.0 Å². The smallest absolute Gasteiger partial charge is 0.305 e. The molecule has 0 spiro atoms. The Balaban J connectivity index is 1.72. The molecule has 0 amide bonds. The number of carbonyl (C=O) groups excluding carboxylic acids is 1.